The minimum atomic E-state index is -0.431. The number of rotatable bonds is 1. The highest BCUT2D eigenvalue weighted by Crippen LogP contribution is 2.28. The molecule has 0 radical (unpaired) electrons. The Labute approximate surface area is 122 Å². The molecule has 2 rings (SSSR count). The Morgan fingerprint density at radius 3 is 2.58 bits per heavy atom. The van der Waals surface area contributed by atoms with Crippen molar-refractivity contribution >= 4 is 22.0 Å². The lowest BCUT2D eigenvalue weighted by Gasteiger charge is -2.34. The molecular formula is C13H21BrN2O3. The van der Waals surface area contributed by atoms with E-state index >= 15 is 0 Å². The largest absolute Gasteiger partial charge is 0.444 e. The van der Waals surface area contributed by atoms with E-state index in [4.69, 9.17) is 9.57 Å². The third kappa shape index (κ3) is 4.11. The third-order valence-electron chi connectivity index (χ3n) is 3.26. The minimum Gasteiger partial charge on any atom is -0.444 e. The first-order valence-electron chi connectivity index (χ1n) is 6.62. The fourth-order valence-electron chi connectivity index (χ4n) is 2.31. The minimum absolute atomic E-state index is 0.0927. The molecule has 6 heteroatoms. The summed E-state index contributed by atoms with van der Waals surface area (Å²) in [6, 6.07) is 0. The Morgan fingerprint density at radius 1 is 1.47 bits per heavy atom. The summed E-state index contributed by atoms with van der Waals surface area (Å²) < 4.78 is 6.26. The predicted molar refractivity (Wildman–Crippen MR) is 75.5 cm³/mol. The Bertz CT molecular complexity index is 371. The van der Waals surface area contributed by atoms with E-state index in [-0.39, 0.29) is 12.2 Å². The second-order valence-electron chi connectivity index (χ2n) is 6.00. The quantitative estimate of drug-likeness (QED) is 0.750. The van der Waals surface area contributed by atoms with Gasteiger partial charge >= 0.3 is 6.09 Å². The summed E-state index contributed by atoms with van der Waals surface area (Å²) >= 11 is 3.35. The van der Waals surface area contributed by atoms with Crippen molar-refractivity contribution in [3.8, 4) is 0 Å². The maximum atomic E-state index is 11.9. The zero-order chi connectivity index (χ0) is 14.0. The van der Waals surface area contributed by atoms with E-state index in [2.05, 4.69) is 21.4 Å². The number of likely N-dealkylation sites (tertiary alicyclic amines) is 1. The van der Waals surface area contributed by atoms with Gasteiger partial charge in [-0.05, 0) is 61.5 Å². The van der Waals surface area contributed by atoms with Crippen LogP contribution in [0.1, 0.15) is 33.6 Å². The molecule has 1 atom stereocenters. The molecule has 0 bridgehead atoms. The highest BCUT2D eigenvalue weighted by atomic mass is 79.9. The molecule has 0 aromatic carbocycles. The molecule has 2 heterocycles. The number of ether oxygens (including phenoxy) is 1. The molecule has 1 N–H and O–H groups in total. The Kier molecular flexibility index (Phi) is 4.40. The molecule has 0 saturated carbocycles. The van der Waals surface area contributed by atoms with Crippen molar-refractivity contribution < 1.29 is 14.4 Å². The number of hydroxylamine groups is 1. The van der Waals surface area contributed by atoms with Crippen LogP contribution in [0.15, 0.2) is 10.7 Å². The van der Waals surface area contributed by atoms with Crippen molar-refractivity contribution in [3.63, 3.8) is 0 Å². The third-order valence-corrected chi connectivity index (χ3v) is 3.69. The molecule has 1 fully saturated rings. The van der Waals surface area contributed by atoms with Crippen molar-refractivity contribution in [2.45, 2.75) is 45.3 Å². The maximum absolute atomic E-state index is 11.9. The summed E-state index contributed by atoms with van der Waals surface area (Å²) in [4.78, 5) is 19.2. The number of halogens is 1. The van der Waals surface area contributed by atoms with Gasteiger partial charge in [0.25, 0.3) is 0 Å². The van der Waals surface area contributed by atoms with Crippen molar-refractivity contribution in [2.75, 3.05) is 13.1 Å². The molecule has 0 spiro atoms. The second-order valence-corrected chi connectivity index (χ2v) is 6.86. The second kappa shape index (κ2) is 5.71. The van der Waals surface area contributed by atoms with Gasteiger partial charge < -0.3 is 9.64 Å². The normalized spacial score (nSPS) is 24.9. The van der Waals surface area contributed by atoms with Crippen molar-refractivity contribution in [1.29, 1.82) is 0 Å². The van der Waals surface area contributed by atoms with E-state index in [9.17, 15) is 4.79 Å². The van der Waals surface area contributed by atoms with Crippen LogP contribution in [0, 0.1) is 5.92 Å². The first-order chi connectivity index (χ1) is 8.85. The van der Waals surface area contributed by atoms with Crippen LogP contribution in [0.25, 0.3) is 0 Å². The van der Waals surface area contributed by atoms with Crippen LogP contribution in [-0.2, 0) is 9.57 Å². The summed E-state index contributed by atoms with van der Waals surface area (Å²) in [5, 5.41) is 0. The van der Waals surface area contributed by atoms with E-state index in [1.807, 2.05) is 26.8 Å². The Morgan fingerprint density at radius 2 is 2.11 bits per heavy atom. The fraction of sp³-hybridized carbons (Fsp3) is 0.769. The number of carbonyl (C=O) groups is 1. The molecule has 0 aromatic rings. The van der Waals surface area contributed by atoms with Crippen LogP contribution in [0.2, 0.25) is 0 Å². The average Bonchev–Trinajstić information content (AvgIpc) is 2.74. The summed E-state index contributed by atoms with van der Waals surface area (Å²) in [6.45, 7) is 7.11. The molecule has 2 aliphatic heterocycles. The van der Waals surface area contributed by atoms with Gasteiger partial charge in [0.1, 0.15) is 16.3 Å². The van der Waals surface area contributed by atoms with Crippen molar-refractivity contribution in [3.05, 3.63) is 10.7 Å². The first kappa shape index (κ1) is 14.7. The Balaban J connectivity index is 1.81. The number of nitrogens with zero attached hydrogens (tertiary/aromatic N) is 1. The number of nitrogens with one attached hydrogen (secondary N) is 1. The SMILES string of the molecule is CC(C)(C)OC(=O)N1CCC([C@H]2C=C(Br)NO2)CC1. The zero-order valence-corrected chi connectivity index (χ0v) is 13.2. The summed E-state index contributed by atoms with van der Waals surface area (Å²) in [7, 11) is 0. The monoisotopic (exact) mass is 332 g/mol. The molecule has 1 saturated heterocycles. The van der Waals surface area contributed by atoms with Gasteiger partial charge in [0.15, 0.2) is 0 Å². The number of amides is 1. The molecule has 1 amide bonds. The van der Waals surface area contributed by atoms with E-state index in [0.29, 0.717) is 5.92 Å². The zero-order valence-electron chi connectivity index (χ0n) is 11.6. The number of piperidine rings is 1. The number of carbonyl (C=O) groups excluding carboxylic acids is 1. The maximum Gasteiger partial charge on any atom is 0.410 e. The van der Waals surface area contributed by atoms with E-state index < -0.39 is 5.60 Å². The van der Waals surface area contributed by atoms with Crippen molar-refractivity contribution in [1.82, 2.24) is 10.4 Å². The number of hydrogen-bond donors (Lipinski definition) is 1. The van der Waals surface area contributed by atoms with Crippen LogP contribution in [-0.4, -0.2) is 35.8 Å². The highest BCUT2D eigenvalue weighted by Gasteiger charge is 2.32. The van der Waals surface area contributed by atoms with Gasteiger partial charge in [0, 0.05) is 13.1 Å². The average molecular weight is 333 g/mol. The predicted octanol–water partition coefficient (Wildman–Crippen LogP) is 2.77. The lowest BCUT2D eigenvalue weighted by Crippen LogP contribution is -2.43. The highest BCUT2D eigenvalue weighted by molar-refractivity contribution is 9.11. The van der Waals surface area contributed by atoms with Crippen molar-refractivity contribution in [2.24, 2.45) is 5.92 Å². The molecule has 2 aliphatic rings. The van der Waals surface area contributed by atoms with Crippen LogP contribution < -0.4 is 5.48 Å². The van der Waals surface area contributed by atoms with Gasteiger partial charge in [-0.15, -0.1) is 0 Å². The van der Waals surface area contributed by atoms with Gasteiger partial charge in [-0.25, -0.2) is 4.79 Å². The molecule has 0 aromatic heterocycles. The van der Waals surface area contributed by atoms with Gasteiger partial charge in [-0.3, -0.25) is 10.3 Å². The summed E-state index contributed by atoms with van der Waals surface area (Å²) in [5.41, 5.74) is 2.37. The van der Waals surface area contributed by atoms with Crippen LogP contribution in [0.5, 0.6) is 0 Å². The first-order valence-corrected chi connectivity index (χ1v) is 7.41. The van der Waals surface area contributed by atoms with Gasteiger partial charge in [0.05, 0.1) is 0 Å². The molecule has 108 valence electrons. The van der Waals surface area contributed by atoms with Gasteiger partial charge in [-0.2, -0.15) is 0 Å². The number of hydrogen-bond acceptors (Lipinski definition) is 4. The van der Waals surface area contributed by atoms with Gasteiger partial charge in [0.2, 0.25) is 0 Å². The molecule has 5 nitrogen and oxygen atoms in total. The van der Waals surface area contributed by atoms with E-state index in [1.54, 1.807) is 4.90 Å². The standard InChI is InChI=1S/C13H21BrN2O3/c1-13(2,3)18-12(17)16-6-4-9(5-7-16)10-8-11(14)15-19-10/h8-10,15H,4-7H2,1-3H3/t10-/m1/s1. The molecule has 0 unspecified atom stereocenters. The molecule has 19 heavy (non-hydrogen) atoms. The van der Waals surface area contributed by atoms with E-state index in [0.717, 1.165) is 30.5 Å². The van der Waals surface area contributed by atoms with Crippen LogP contribution in [0.3, 0.4) is 0 Å². The van der Waals surface area contributed by atoms with Crippen LogP contribution >= 0.6 is 15.9 Å². The van der Waals surface area contributed by atoms with Crippen LogP contribution in [0.4, 0.5) is 4.79 Å². The fourth-order valence-corrected chi connectivity index (χ4v) is 2.66. The van der Waals surface area contributed by atoms with Gasteiger partial charge in [-0.1, -0.05) is 0 Å². The smallest absolute Gasteiger partial charge is 0.410 e. The molecule has 0 aliphatic carbocycles. The topological polar surface area (TPSA) is 50.8 Å². The lowest BCUT2D eigenvalue weighted by molar-refractivity contribution is -0.0153. The summed E-state index contributed by atoms with van der Waals surface area (Å²) in [5.74, 6) is 0.446. The summed E-state index contributed by atoms with van der Waals surface area (Å²) in [6.07, 6.45) is 3.78. The van der Waals surface area contributed by atoms with E-state index in [1.165, 1.54) is 0 Å². The lowest BCUT2D eigenvalue weighted by atomic mass is 9.91. The molecular weight excluding hydrogens is 312 g/mol. The Hall–Kier alpha value is -0.750.